The number of aliphatic carboxylic acids is 1. The quantitative estimate of drug-likeness (QED) is 0.297. The van der Waals surface area contributed by atoms with E-state index < -0.39 is 22.4 Å². The summed E-state index contributed by atoms with van der Waals surface area (Å²) < 4.78 is 0. The molecule has 2 atom stereocenters. The SMILES string of the molecule is CC(c1ccccc1[N+](=O)[O-])C(CCCC(=O)O)[Si](Cl)(Cl)Cl. The van der Waals surface area contributed by atoms with Crippen molar-refractivity contribution in [3.8, 4) is 0 Å². The molecule has 9 heteroatoms. The molecule has 122 valence electrons. The van der Waals surface area contributed by atoms with E-state index in [9.17, 15) is 14.9 Å². The van der Waals surface area contributed by atoms with Crippen LogP contribution in [-0.2, 0) is 4.79 Å². The summed E-state index contributed by atoms with van der Waals surface area (Å²) in [4.78, 5) is 21.3. The van der Waals surface area contributed by atoms with Crippen molar-refractivity contribution in [1.29, 1.82) is 0 Å². The fourth-order valence-electron chi connectivity index (χ4n) is 2.43. The second kappa shape index (κ2) is 8.15. The minimum absolute atomic E-state index is 0.0125. The van der Waals surface area contributed by atoms with Gasteiger partial charge in [-0.15, -0.1) is 33.2 Å². The van der Waals surface area contributed by atoms with Gasteiger partial charge in [0.25, 0.3) is 5.69 Å². The van der Waals surface area contributed by atoms with E-state index in [-0.39, 0.29) is 18.0 Å². The molecule has 0 heterocycles. The molecule has 0 fully saturated rings. The lowest BCUT2D eigenvalue weighted by Crippen LogP contribution is -2.25. The van der Waals surface area contributed by atoms with Crippen molar-refractivity contribution < 1.29 is 14.8 Å². The highest BCUT2D eigenvalue weighted by molar-refractivity contribution is 7.65. The molecule has 0 spiro atoms. The number of rotatable bonds is 8. The molecular formula is C13H16Cl3NO4Si. The first-order chi connectivity index (χ1) is 10.1. The summed E-state index contributed by atoms with van der Waals surface area (Å²) in [6.07, 6.45) is 0.753. The maximum Gasteiger partial charge on any atom is 0.344 e. The van der Waals surface area contributed by atoms with Gasteiger partial charge >= 0.3 is 12.0 Å². The van der Waals surface area contributed by atoms with E-state index in [1.807, 2.05) is 0 Å². The summed E-state index contributed by atoms with van der Waals surface area (Å²) >= 11 is 18.4. The standard InChI is InChI=1S/C13H16Cl3NO4Si/c1-9(10-5-2-3-6-11(10)17(20)21)12(22(14,15)16)7-4-8-13(18)19/h2-3,5-6,9,12H,4,7-8H2,1H3,(H,18,19). The molecule has 1 aromatic carbocycles. The predicted octanol–water partition coefficient (Wildman–Crippen LogP) is 4.98. The third kappa shape index (κ3) is 5.42. The molecule has 0 saturated carbocycles. The van der Waals surface area contributed by atoms with E-state index in [1.165, 1.54) is 6.07 Å². The van der Waals surface area contributed by atoms with Gasteiger partial charge in [0.15, 0.2) is 0 Å². The minimum atomic E-state index is -3.16. The summed E-state index contributed by atoms with van der Waals surface area (Å²) in [5.41, 5.74) is 0.103. The number of para-hydroxylation sites is 1. The zero-order valence-electron chi connectivity index (χ0n) is 11.8. The molecule has 1 aromatic rings. The van der Waals surface area contributed by atoms with E-state index in [2.05, 4.69) is 0 Å². The maximum atomic E-state index is 11.1. The van der Waals surface area contributed by atoms with Crippen molar-refractivity contribution >= 4 is 50.9 Å². The topological polar surface area (TPSA) is 80.4 Å². The third-order valence-corrected chi connectivity index (χ3v) is 7.71. The van der Waals surface area contributed by atoms with Crippen LogP contribution >= 0.6 is 33.2 Å². The van der Waals surface area contributed by atoms with Gasteiger partial charge < -0.3 is 5.11 Å². The van der Waals surface area contributed by atoms with Crippen LogP contribution in [0.25, 0.3) is 0 Å². The van der Waals surface area contributed by atoms with Crippen LogP contribution in [0.15, 0.2) is 24.3 Å². The van der Waals surface area contributed by atoms with Crippen LogP contribution in [0.1, 0.15) is 37.7 Å². The average Bonchev–Trinajstić information content (AvgIpc) is 2.41. The average molecular weight is 385 g/mol. The van der Waals surface area contributed by atoms with Gasteiger partial charge in [-0.05, 0) is 18.8 Å². The summed E-state index contributed by atoms with van der Waals surface area (Å²) in [6, 6.07) is 3.19. The number of carbonyl (C=O) groups is 1. The van der Waals surface area contributed by atoms with E-state index in [0.717, 1.165) is 0 Å². The number of nitro groups is 1. The second-order valence-electron chi connectivity index (χ2n) is 5.04. The van der Waals surface area contributed by atoms with Crippen LogP contribution in [0.5, 0.6) is 0 Å². The number of nitrogens with zero attached hydrogens (tertiary/aromatic N) is 1. The van der Waals surface area contributed by atoms with E-state index >= 15 is 0 Å². The van der Waals surface area contributed by atoms with Gasteiger partial charge in [0.05, 0.1) is 4.92 Å². The van der Waals surface area contributed by atoms with Gasteiger partial charge in [-0.1, -0.05) is 25.1 Å². The number of hydrogen-bond acceptors (Lipinski definition) is 3. The van der Waals surface area contributed by atoms with Gasteiger partial charge in [-0.2, -0.15) is 0 Å². The smallest absolute Gasteiger partial charge is 0.344 e. The number of carboxylic acids is 1. The van der Waals surface area contributed by atoms with Crippen molar-refractivity contribution in [3.05, 3.63) is 39.9 Å². The highest BCUT2D eigenvalue weighted by Crippen LogP contribution is 2.48. The molecule has 2 unspecified atom stereocenters. The molecule has 0 aliphatic carbocycles. The van der Waals surface area contributed by atoms with Crippen LogP contribution in [0.4, 0.5) is 5.69 Å². The van der Waals surface area contributed by atoms with Crippen molar-refractivity contribution in [2.75, 3.05) is 0 Å². The lowest BCUT2D eigenvalue weighted by atomic mass is 9.93. The van der Waals surface area contributed by atoms with Gasteiger partial charge in [0.2, 0.25) is 0 Å². The van der Waals surface area contributed by atoms with E-state index in [4.69, 9.17) is 38.3 Å². The van der Waals surface area contributed by atoms with Crippen molar-refractivity contribution in [3.63, 3.8) is 0 Å². The van der Waals surface area contributed by atoms with Crippen molar-refractivity contribution in [2.45, 2.75) is 37.6 Å². The Balaban J connectivity index is 3.04. The molecule has 0 aliphatic rings. The Morgan fingerprint density at radius 3 is 2.45 bits per heavy atom. The molecule has 0 bridgehead atoms. The summed E-state index contributed by atoms with van der Waals surface area (Å²) in [7, 11) is 0. The Morgan fingerprint density at radius 1 is 1.36 bits per heavy atom. The first-order valence-corrected chi connectivity index (χ1v) is 11.8. The van der Waals surface area contributed by atoms with Gasteiger partial charge in [-0.3, -0.25) is 14.9 Å². The Morgan fingerprint density at radius 2 is 1.95 bits per heavy atom. The molecule has 0 aliphatic heterocycles. The summed E-state index contributed by atoms with van der Waals surface area (Å²) in [6.45, 7) is 1.78. The van der Waals surface area contributed by atoms with Gasteiger partial charge in [-0.25, -0.2) is 0 Å². The highest BCUT2D eigenvalue weighted by Gasteiger charge is 2.41. The molecule has 0 aromatic heterocycles. The third-order valence-electron chi connectivity index (χ3n) is 3.55. The van der Waals surface area contributed by atoms with Crippen LogP contribution in [0, 0.1) is 10.1 Å². The zero-order chi connectivity index (χ0) is 16.9. The second-order valence-corrected chi connectivity index (χ2v) is 14.0. The molecule has 0 amide bonds. The first-order valence-electron chi connectivity index (χ1n) is 6.66. The summed E-state index contributed by atoms with van der Waals surface area (Å²) in [5, 5.41) is 19.9. The molecule has 0 saturated heterocycles. The van der Waals surface area contributed by atoms with Crippen molar-refractivity contribution in [2.24, 2.45) is 0 Å². The normalized spacial score (nSPS) is 14.4. The van der Waals surface area contributed by atoms with E-state index in [0.29, 0.717) is 18.4 Å². The molecular weight excluding hydrogens is 369 g/mol. The largest absolute Gasteiger partial charge is 0.481 e. The Labute approximate surface area is 143 Å². The molecule has 1 rings (SSSR count). The van der Waals surface area contributed by atoms with Crippen LogP contribution in [-0.4, -0.2) is 22.0 Å². The van der Waals surface area contributed by atoms with Gasteiger partial charge in [0, 0.05) is 23.6 Å². The number of halogens is 3. The van der Waals surface area contributed by atoms with Gasteiger partial charge in [0.1, 0.15) is 0 Å². The predicted molar refractivity (Wildman–Crippen MR) is 90.1 cm³/mol. The monoisotopic (exact) mass is 383 g/mol. The Bertz CT molecular complexity index is 550. The molecule has 1 N–H and O–H groups in total. The lowest BCUT2D eigenvalue weighted by Gasteiger charge is -2.28. The number of carboxylic acid groups (broad SMARTS) is 1. The highest BCUT2D eigenvalue weighted by atomic mass is 35.8. The molecule has 22 heavy (non-hydrogen) atoms. The number of nitro benzene ring substituents is 1. The number of hydrogen-bond donors (Lipinski definition) is 1. The number of benzene rings is 1. The van der Waals surface area contributed by atoms with Crippen LogP contribution in [0.2, 0.25) is 5.54 Å². The fourth-order valence-corrected chi connectivity index (χ4v) is 6.39. The Kier molecular flexibility index (Phi) is 7.12. The molecule has 5 nitrogen and oxygen atoms in total. The minimum Gasteiger partial charge on any atom is -0.481 e. The zero-order valence-corrected chi connectivity index (χ0v) is 15.1. The lowest BCUT2D eigenvalue weighted by molar-refractivity contribution is -0.385. The molecule has 0 radical (unpaired) electrons. The summed E-state index contributed by atoms with van der Waals surface area (Å²) in [5.74, 6) is -1.25. The van der Waals surface area contributed by atoms with E-state index in [1.54, 1.807) is 25.1 Å². The first kappa shape index (κ1) is 19.2. The maximum absolute atomic E-state index is 11.1. The Hall–Kier alpha value is -0.823. The van der Waals surface area contributed by atoms with Crippen molar-refractivity contribution in [1.82, 2.24) is 0 Å². The van der Waals surface area contributed by atoms with Crippen LogP contribution in [0.3, 0.4) is 0 Å². The van der Waals surface area contributed by atoms with Crippen LogP contribution < -0.4 is 0 Å². The fraction of sp³-hybridized carbons (Fsp3) is 0.462.